The van der Waals surface area contributed by atoms with Gasteiger partial charge in [0.2, 0.25) is 0 Å². The predicted molar refractivity (Wildman–Crippen MR) is 51.8 cm³/mol. The highest BCUT2D eigenvalue weighted by Gasteiger charge is 2.14. The molecule has 1 saturated heterocycles. The summed E-state index contributed by atoms with van der Waals surface area (Å²) in [6, 6.07) is 0.753. The van der Waals surface area contributed by atoms with Crippen LogP contribution in [-0.4, -0.2) is 12.6 Å². The normalized spacial score (nSPS) is 30.5. The Labute approximate surface area is 71.6 Å². The van der Waals surface area contributed by atoms with E-state index in [4.69, 9.17) is 0 Å². The average Bonchev–Trinajstić information content (AvgIpc) is 1.97. The van der Waals surface area contributed by atoms with E-state index < -0.39 is 0 Å². The second-order valence-electron chi connectivity index (χ2n) is 3.57. The molecule has 2 unspecified atom stereocenters. The van der Waals surface area contributed by atoms with Crippen LogP contribution in [0.5, 0.6) is 0 Å². The molecule has 1 aliphatic heterocycles. The molecule has 1 fully saturated rings. The van der Waals surface area contributed by atoms with E-state index in [1.54, 1.807) is 0 Å². The Hall–Kier alpha value is -0.0400. The van der Waals surface area contributed by atoms with Gasteiger partial charge in [0.15, 0.2) is 0 Å². The van der Waals surface area contributed by atoms with Crippen molar-refractivity contribution in [3.8, 4) is 0 Å². The molecule has 0 aromatic rings. The molecule has 0 aliphatic carbocycles. The van der Waals surface area contributed by atoms with E-state index in [1.165, 1.54) is 25.8 Å². The molecule has 0 amide bonds. The summed E-state index contributed by atoms with van der Waals surface area (Å²) in [5.74, 6) is 0.892. The van der Waals surface area contributed by atoms with Crippen LogP contribution in [0.25, 0.3) is 0 Å². The lowest BCUT2D eigenvalue weighted by atomic mass is 9.94. The van der Waals surface area contributed by atoms with E-state index in [0.29, 0.717) is 0 Å². The molecule has 1 aliphatic rings. The summed E-state index contributed by atoms with van der Waals surface area (Å²) in [4.78, 5) is 0. The highest BCUT2D eigenvalue weighted by atomic mass is 14.9. The Morgan fingerprint density at radius 1 is 1.27 bits per heavy atom. The molecule has 68 valence electrons. The summed E-state index contributed by atoms with van der Waals surface area (Å²) >= 11 is 0. The maximum Gasteiger partial charge on any atom is 0.00643 e. The van der Waals surface area contributed by atoms with Gasteiger partial charge in [-0.3, -0.25) is 0 Å². The fourth-order valence-corrected chi connectivity index (χ4v) is 1.20. The number of rotatable bonds is 0. The first-order valence-electron chi connectivity index (χ1n) is 4.95. The van der Waals surface area contributed by atoms with Gasteiger partial charge in [-0.25, -0.2) is 0 Å². The molecule has 11 heavy (non-hydrogen) atoms. The number of piperidine rings is 1. The van der Waals surface area contributed by atoms with Crippen molar-refractivity contribution >= 4 is 0 Å². The van der Waals surface area contributed by atoms with Crippen molar-refractivity contribution in [1.82, 2.24) is 5.32 Å². The summed E-state index contributed by atoms with van der Waals surface area (Å²) in [5, 5.41) is 3.43. The molecule has 2 atom stereocenters. The molecule has 1 rings (SSSR count). The Bertz CT molecular complexity index is 70.9. The first kappa shape index (κ1) is 11.0. The second-order valence-corrected chi connectivity index (χ2v) is 3.57. The van der Waals surface area contributed by atoms with Crippen LogP contribution in [0, 0.1) is 5.92 Å². The van der Waals surface area contributed by atoms with Gasteiger partial charge in [-0.05, 0) is 32.2 Å². The molecule has 0 spiro atoms. The van der Waals surface area contributed by atoms with Crippen molar-refractivity contribution in [3.05, 3.63) is 0 Å². The summed E-state index contributed by atoms with van der Waals surface area (Å²) in [5.41, 5.74) is 0. The highest BCUT2D eigenvalue weighted by molar-refractivity contribution is 4.73. The maximum atomic E-state index is 3.43. The first-order chi connectivity index (χ1) is 5.22. The highest BCUT2D eigenvalue weighted by Crippen LogP contribution is 2.13. The zero-order valence-corrected chi connectivity index (χ0v) is 8.48. The van der Waals surface area contributed by atoms with Gasteiger partial charge in [0.25, 0.3) is 0 Å². The van der Waals surface area contributed by atoms with Gasteiger partial charge in [0.1, 0.15) is 0 Å². The third-order valence-corrected chi connectivity index (χ3v) is 2.16. The largest absolute Gasteiger partial charge is 0.314 e. The third kappa shape index (κ3) is 5.25. The average molecular weight is 157 g/mol. The molecule has 0 radical (unpaired) electrons. The van der Waals surface area contributed by atoms with Crippen molar-refractivity contribution in [2.75, 3.05) is 6.54 Å². The van der Waals surface area contributed by atoms with Crippen molar-refractivity contribution in [3.63, 3.8) is 0 Å². The van der Waals surface area contributed by atoms with Gasteiger partial charge in [-0.1, -0.05) is 27.2 Å². The summed E-state index contributed by atoms with van der Waals surface area (Å²) in [6.07, 6.45) is 4.03. The van der Waals surface area contributed by atoms with Gasteiger partial charge in [-0.2, -0.15) is 0 Å². The Kier molecular flexibility index (Phi) is 6.63. The minimum Gasteiger partial charge on any atom is -0.314 e. The lowest BCUT2D eigenvalue weighted by Crippen LogP contribution is -2.37. The molecule has 0 bridgehead atoms. The predicted octanol–water partition coefficient (Wildman–Crippen LogP) is 2.81. The lowest BCUT2D eigenvalue weighted by Gasteiger charge is -2.26. The summed E-state index contributed by atoms with van der Waals surface area (Å²) in [6.45, 7) is 10.1. The molecule has 1 heteroatoms. The smallest absolute Gasteiger partial charge is 0.00643 e. The van der Waals surface area contributed by atoms with Crippen molar-refractivity contribution < 1.29 is 0 Å². The van der Waals surface area contributed by atoms with E-state index in [9.17, 15) is 0 Å². The molecule has 1 nitrogen and oxygen atoms in total. The van der Waals surface area contributed by atoms with E-state index in [0.717, 1.165) is 12.0 Å². The Morgan fingerprint density at radius 3 is 2.09 bits per heavy atom. The number of hydrogen-bond acceptors (Lipinski definition) is 1. The molecule has 0 saturated carbocycles. The maximum absolute atomic E-state index is 3.43. The van der Waals surface area contributed by atoms with Crippen LogP contribution in [0.2, 0.25) is 0 Å². The molecular weight excluding hydrogens is 134 g/mol. The number of hydrogen-bond donors (Lipinski definition) is 1. The van der Waals surface area contributed by atoms with Crippen LogP contribution in [-0.2, 0) is 0 Å². The Balaban J connectivity index is 0.000000292. The quantitative estimate of drug-likeness (QED) is 0.570. The zero-order valence-electron chi connectivity index (χ0n) is 8.48. The molecule has 1 N–H and O–H groups in total. The van der Waals surface area contributed by atoms with Crippen molar-refractivity contribution in [2.24, 2.45) is 5.92 Å². The molecule has 0 aromatic heterocycles. The summed E-state index contributed by atoms with van der Waals surface area (Å²) < 4.78 is 0. The minimum absolute atomic E-state index is 0.753. The number of nitrogens with one attached hydrogen (secondary N) is 1. The van der Waals surface area contributed by atoms with E-state index in [2.05, 4.69) is 33.0 Å². The van der Waals surface area contributed by atoms with Crippen LogP contribution in [0.1, 0.15) is 47.0 Å². The van der Waals surface area contributed by atoms with Gasteiger partial charge < -0.3 is 5.32 Å². The second kappa shape index (κ2) is 6.66. The van der Waals surface area contributed by atoms with Crippen molar-refractivity contribution in [1.29, 1.82) is 0 Å². The van der Waals surface area contributed by atoms with Gasteiger partial charge in [-0.15, -0.1) is 0 Å². The SMILES string of the molecule is CC1CCCNC1C.CCC. The fourth-order valence-electron chi connectivity index (χ4n) is 1.20. The van der Waals surface area contributed by atoms with Crippen LogP contribution in [0.3, 0.4) is 0 Å². The van der Waals surface area contributed by atoms with Crippen LogP contribution < -0.4 is 5.32 Å². The van der Waals surface area contributed by atoms with Gasteiger partial charge in [0, 0.05) is 6.04 Å². The molecular formula is C10H23N. The van der Waals surface area contributed by atoms with Crippen LogP contribution >= 0.6 is 0 Å². The van der Waals surface area contributed by atoms with E-state index in [-0.39, 0.29) is 0 Å². The lowest BCUT2D eigenvalue weighted by molar-refractivity contribution is 0.319. The molecule has 0 aromatic carbocycles. The third-order valence-electron chi connectivity index (χ3n) is 2.16. The standard InChI is InChI=1S/C7H15N.C3H8/c1-6-4-3-5-8-7(6)2;1-3-2/h6-8H,3-5H2,1-2H3;3H2,1-2H3. The van der Waals surface area contributed by atoms with Crippen LogP contribution in [0.4, 0.5) is 0 Å². The van der Waals surface area contributed by atoms with E-state index in [1.807, 2.05) is 0 Å². The fraction of sp³-hybridized carbons (Fsp3) is 1.00. The topological polar surface area (TPSA) is 12.0 Å². The van der Waals surface area contributed by atoms with Crippen molar-refractivity contribution in [2.45, 2.75) is 53.0 Å². The minimum atomic E-state index is 0.753. The Morgan fingerprint density at radius 2 is 1.82 bits per heavy atom. The van der Waals surface area contributed by atoms with Gasteiger partial charge in [0.05, 0.1) is 0 Å². The zero-order chi connectivity index (χ0) is 8.69. The molecule has 1 heterocycles. The van der Waals surface area contributed by atoms with Gasteiger partial charge >= 0.3 is 0 Å². The van der Waals surface area contributed by atoms with Crippen LogP contribution in [0.15, 0.2) is 0 Å². The summed E-state index contributed by atoms with van der Waals surface area (Å²) in [7, 11) is 0. The first-order valence-corrected chi connectivity index (χ1v) is 4.95. The van der Waals surface area contributed by atoms with E-state index >= 15 is 0 Å². The monoisotopic (exact) mass is 157 g/mol.